The Balaban J connectivity index is 1.97. The molecule has 8 heteroatoms. The lowest BCUT2D eigenvalue weighted by atomic mass is 9.97. The minimum absolute atomic E-state index is 0.123. The van der Waals surface area contributed by atoms with Crippen molar-refractivity contribution >= 4 is 11.9 Å². The van der Waals surface area contributed by atoms with Crippen molar-refractivity contribution in [2.45, 2.75) is 63.0 Å². The van der Waals surface area contributed by atoms with E-state index in [9.17, 15) is 22.8 Å². The zero-order chi connectivity index (χ0) is 15.6. The molecular weight excluding hydrogens is 291 g/mol. The summed E-state index contributed by atoms with van der Waals surface area (Å²) in [5.41, 5.74) is 0. The summed E-state index contributed by atoms with van der Waals surface area (Å²) in [7, 11) is 0. The number of ether oxygens (including phenoxy) is 1. The standard InChI is InChI=1S/C13H18F3NO4/c14-13(15,16)10(7-3-1-2-4-7)17-11(18)8-5-6-9(21-8)12(19)20/h7-10H,1-6H2,(H,17,18)(H,19,20)/t8-,9+,10?/m0/s1. The molecule has 1 aliphatic heterocycles. The van der Waals surface area contributed by atoms with E-state index in [1.807, 2.05) is 5.32 Å². The number of rotatable bonds is 4. The number of aliphatic carboxylic acids is 1. The third-order valence-corrected chi connectivity index (χ3v) is 4.11. The minimum Gasteiger partial charge on any atom is -0.479 e. The molecule has 1 amide bonds. The van der Waals surface area contributed by atoms with Crippen LogP contribution in [0.3, 0.4) is 0 Å². The van der Waals surface area contributed by atoms with E-state index in [0.29, 0.717) is 12.8 Å². The molecule has 120 valence electrons. The number of hydrogen-bond acceptors (Lipinski definition) is 3. The van der Waals surface area contributed by atoms with E-state index in [1.54, 1.807) is 0 Å². The summed E-state index contributed by atoms with van der Waals surface area (Å²) in [6.45, 7) is 0. The normalized spacial score (nSPS) is 28.5. The zero-order valence-electron chi connectivity index (χ0n) is 11.4. The average molecular weight is 309 g/mol. The van der Waals surface area contributed by atoms with Crippen LogP contribution in [-0.2, 0) is 14.3 Å². The van der Waals surface area contributed by atoms with Crippen molar-refractivity contribution in [2.75, 3.05) is 0 Å². The van der Waals surface area contributed by atoms with E-state index in [-0.39, 0.29) is 12.8 Å². The molecule has 21 heavy (non-hydrogen) atoms. The lowest BCUT2D eigenvalue weighted by Crippen LogP contribution is -2.52. The van der Waals surface area contributed by atoms with Crippen molar-refractivity contribution in [3.05, 3.63) is 0 Å². The zero-order valence-corrected chi connectivity index (χ0v) is 11.4. The molecule has 1 aliphatic carbocycles. The third-order valence-electron chi connectivity index (χ3n) is 4.11. The first-order valence-electron chi connectivity index (χ1n) is 7.04. The molecule has 2 N–H and O–H groups in total. The summed E-state index contributed by atoms with van der Waals surface area (Å²) in [5, 5.41) is 10.8. The second kappa shape index (κ2) is 6.21. The van der Waals surface area contributed by atoms with Crippen LogP contribution < -0.4 is 5.32 Å². The van der Waals surface area contributed by atoms with Crippen LogP contribution in [0.4, 0.5) is 13.2 Å². The molecule has 5 nitrogen and oxygen atoms in total. The van der Waals surface area contributed by atoms with Crippen LogP contribution >= 0.6 is 0 Å². The molecule has 3 atom stereocenters. The van der Waals surface area contributed by atoms with E-state index >= 15 is 0 Å². The van der Waals surface area contributed by atoms with Gasteiger partial charge in [-0.25, -0.2) is 4.79 Å². The molecule has 1 saturated carbocycles. The van der Waals surface area contributed by atoms with Crippen LogP contribution in [0.25, 0.3) is 0 Å². The molecule has 1 unspecified atom stereocenters. The van der Waals surface area contributed by atoms with Crippen LogP contribution in [0.1, 0.15) is 38.5 Å². The molecule has 0 aromatic carbocycles. The summed E-state index contributed by atoms with van der Waals surface area (Å²) in [6.07, 6.45) is -4.14. The highest BCUT2D eigenvalue weighted by atomic mass is 19.4. The van der Waals surface area contributed by atoms with Gasteiger partial charge in [0.25, 0.3) is 0 Å². The van der Waals surface area contributed by atoms with E-state index in [4.69, 9.17) is 9.84 Å². The number of halogens is 3. The fraction of sp³-hybridized carbons (Fsp3) is 0.846. The topological polar surface area (TPSA) is 75.6 Å². The van der Waals surface area contributed by atoms with Crippen LogP contribution in [0.15, 0.2) is 0 Å². The average Bonchev–Trinajstić information content (AvgIpc) is 3.05. The predicted molar refractivity (Wildman–Crippen MR) is 65.5 cm³/mol. The van der Waals surface area contributed by atoms with Crippen molar-refractivity contribution in [2.24, 2.45) is 5.92 Å². The quantitative estimate of drug-likeness (QED) is 0.831. The highest BCUT2D eigenvalue weighted by Crippen LogP contribution is 2.36. The molecule has 0 radical (unpaired) electrons. The van der Waals surface area contributed by atoms with E-state index in [2.05, 4.69) is 0 Å². The van der Waals surface area contributed by atoms with Gasteiger partial charge in [0.1, 0.15) is 12.1 Å². The maximum absolute atomic E-state index is 13.1. The lowest BCUT2D eigenvalue weighted by molar-refractivity contribution is -0.175. The second-order valence-corrected chi connectivity index (χ2v) is 5.60. The van der Waals surface area contributed by atoms with Crippen LogP contribution in [0, 0.1) is 5.92 Å². The van der Waals surface area contributed by atoms with Gasteiger partial charge in [-0.05, 0) is 31.6 Å². The number of carbonyl (C=O) groups excluding carboxylic acids is 1. The molecule has 0 bridgehead atoms. The van der Waals surface area contributed by atoms with Gasteiger partial charge >= 0.3 is 12.1 Å². The Kier molecular flexibility index (Phi) is 4.75. The summed E-state index contributed by atoms with van der Waals surface area (Å²) >= 11 is 0. The molecule has 2 aliphatic rings. The molecule has 2 fully saturated rings. The molecule has 0 aromatic heterocycles. The first kappa shape index (κ1) is 16.1. The summed E-state index contributed by atoms with van der Waals surface area (Å²) in [4.78, 5) is 22.6. The molecule has 2 rings (SSSR count). The molecule has 0 aromatic rings. The van der Waals surface area contributed by atoms with Crippen molar-refractivity contribution in [1.82, 2.24) is 5.32 Å². The first-order valence-corrected chi connectivity index (χ1v) is 7.04. The number of carboxylic acid groups (broad SMARTS) is 1. The van der Waals surface area contributed by atoms with Gasteiger partial charge in [0, 0.05) is 0 Å². The number of alkyl halides is 3. The Morgan fingerprint density at radius 2 is 1.67 bits per heavy atom. The van der Waals surface area contributed by atoms with Crippen LogP contribution in [-0.4, -0.2) is 41.4 Å². The maximum atomic E-state index is 13.1. The summed E-state index contributed by atoms with van der Waals surface area (Å²) in [5.74, 6) is -2.67. The fourth-order valence-electron chi connectivity index (χ4n) is 3.02. The Morgan fingerprint density at radius 3 is 2.14 bits per heavy atom. The number of nitrogens with one attached hydrogen (secondary N) is 1. The maximum Gasteiger partial charge on any atom is 0.408 e. The Labute approximate surface area is 119 Å². The lowest BCUT2D eigenvalue weighted by Gasteiger charge is -2.28. The first-order chi connectivity index (χ1) is 9.79. The Hall–Kier alpha value is -1.31. The van der Waals surface area contributed by atoms with Gasteiger partial charge in [0.2, 0.25) is 5.91 Å². The highest BCUT2D eigenvalue weighted by Gasteiger charge is 2.47. The van der Waals surface area contributed by atoms with E-state index in [0.717, 1.165) is 12.8 Å². The number of carbonyl (C=O) groups is 2. The predicted octanol–water partition coefficient (Wildman–Crippen LogP) is 1.86. The smallest absolute Gasteiger partial charge is 0.408 e. The molecule has 1 saturated heterocycles. The molecule has 0 spiro atoms. The van der Waals surface area contributed by atoms with E-state index < -0.39 is 42.2 Å². The number of amides is 1. The van der Waals surface area contributed by atoms with Crippen molar-refractivity contribution < 1.29 is 32.6 Å². The van der Waals surface area contributed by atoms with Crippen molar-refractivity contribution in [3.8, 4) is 0 Å². The largest absolute Gasteiger partial charge is 0.479 e. The highest BCUT2D eigenvalue weighted by molar-refractivity contribution is 5.83. The van der Waals surface area contributed by atoms with Gasteiger partial charge in [0.05, 0.1) is 0 Å². The van der Waals surface area contributed by atoms with Crippen molar-refractivity contribution in [1.29, 1.82) is 0 Å². The molecular formula is C13H18F3NO4. The van der Waals surface area contributed by atoms with Gasteiger partial charge in [-0.1, -0.05) is 12.8 Å². The summed E-state index contributed by atoms with van der Waals surface area (Å²) < 4.78 is 44.2. The van der Waals surface area contributed by atoms with Gasteiger partial charge < -0.3 is 15.2 Å². The fourth-order valence-corrected chi connectivity index (χ4v) is 3.02. The summed E-state index contributed by atoms with van der Waals surface area (Å²) in [6, 6.07) is -1.88. The second-order valence-electron chi connectivity index (χ2n) is 5.60. The number of hydrogen-bond donors (Lipinski definition) is 2. The van der Waals surface area contributed by atoms with E-state index in [1.165, 1.54) is 0 Å². The van der Waals surface area contributed by atoms with Gasteiger partial charge in [-0.15, -0.1) is 0 Å². The van der Waals surface area contributed by atoms with Gasteiger partial charge in [-0.3, -0.25) is 4.79 Å². The van der Waals surface area contributed by atoms with Crippen molar-refractivity contribution in [3.63, 3.8) is 0 Å². The third kappa shape index (κ3) is 3.87. The van der Waals surface area contributed by atoms with Gasteiger partial charge in [0.15, 0.2) is 6.10 Å². The Morgan fingerprint density at radius 1 is 1.10 bits per heavy atom. The van der Waals surface area contributed by atoms with Gasteiger partial charge in [-0.2, -0.15) is 13.2 Å². The SMILES string of the molecule is O=C(NC(C1CCCC1)C(F)(F)F)[C@@H]1CC[C@H](C(=O)O)O1. The number of carboxylic acids is 1. The van der Waals surface area contributed by atoms with Crippen LogP contribution in [0.2, 0.25) is 0 Å². The molecule has 1 heterocycles. The monoisotopic (exact) mass is 309 g/mol. The van der Waals surface area contributed by atoms with Crippen LogP contribution in [0.5, 0.6) is 0 Å². The Bertz CT molecular complexity index is 407. The minimum atomic E-state index is -4.50.